The number of thiophene rings is 1. The molecule has 0 fully saturated rings. The third-order valence-electron chi connectivity index (χ3n) is 3.22. The molecule has 0 saturated heterocycles. The van der Waals surface area contributed by atoms with E-state index in [0.717, 1.165) is 9.75 Å². The highest BCUT2D eigenvalue weighted by Crippen LogP contribution is 2.22. The molecular formula is C17H16N2O3S. The smallest absolute Gasteiger partial charge is 0.340 e. The van der Waals surface area contributed by atoms with Crippen LogP contribution in [0.25, 0.3) is 0 Å². The Morgan fingerprint density at radius 2 is 2.00 bits per heavy atom. The lowest BCUT2D eigenvalue weighted by Crippen LogP contribution is -2.30. The maximum Gasteiger partial charge on any atom is 0.340 e. The highest BCUT2D eigenvalue weighted by Gasteiger charge is 2.21. The number of nitriles is 1. The average Bonchev–Trinajstić information content (AvgIpc) is 2.86. The van der Waals surface area contributed by atoms with Gasteiger partial charge in [-0.1, -0.05) is 12.1 Å². The van der Waals surface area contributed by atoms with E-state index in [1.165, 1.54) is 18.3 Å². The molecular weight excluding hydrogens is 312 g/mol. The summed E-state index contributed by atoms with van der Waals surface area (Å²) in [7, 11) is 0. The Labute approximate surface area is 138 Å². The fraction of sp³-hybridized carbons (Fsp3) is 0.235. The fourth-order valence-corrected chi connectivity index (χ4v) is 2.95. The largest absolute Gasteiger partial charge is 0.449 e. The normalized spacial score (nSPS) is 11.4. The van der Waals surface area contributed by atoms with Crippen LogP contribution in [-0.4, -0.2) is 18.0 Å². The average molecular weight is 328 g/mol. The van der Waals surface area contributed by atoms with Gasteiger partial charge in [0.2, 0.25) is 0 Å². The van der Waals surface area contributed by atoms with E-state index < -0.39 is 18.0 Å². The van der Waals surface area contributed by atoms with Gasteiger partial charge in [0.1, 0.15) is 6.07 Å². The van der Waals surface area contributed by atoms with Crippen LogP contribution < -0.4 is 5.32 Å². The molecule has 0 spiro atoms. The molecule has 0 aliphatic heterocycles. The summed E-state index contributed by atoms with van der Waals surface area (Å²) in [5.74, 6) is -1.01. The Morgan fingerprint density at radius 3 is 2.61 bits per heavy atom. The molecule has 1 atom stereocenters. The van der Waals surface area contributed by atoms with E-state index in [1.807, 2.05) is 19.9 Å². The number of carbonyl (C=O) groups excluding carboxylic acids is 2. The molecule has 2 rings (SSSR count). The third-order valence-corrected chi connectivity index (χ3v) is 4.19. The monoisotopic (exact) mass is 328 g/mol. The van der Waals surface area contributed by atoms with Crippen molar-refractivity contribution in [3.63, 3.8) is 0 Å². The zero-order valence-electron chi connectivity index (χ0n) is 13.0. The van der Waals surface area contributed by atoms with Crippen molar-refractivity contribution in [3.05, 3.63) is 51.2 Å². The van der Waals surface area contributed by atoms with Crippen LogP contribution in [0.3, 0.4) is 0 Å². The van der Waals surface area contributed by atoms with Crippen LogP contribution in [0.5, 0.6) is 0 Å². The van der Waals surface area contributed by atoms with Crippen LogP contribution in [-0.2, 0) is 9.53 Å². The number of nitrogens with zero attached hydrogens (tertiary/aromatic N) is 1. The van der Waals surface area contributed by atoms with Crippen molar-refractivity contribution in [2.75, 3.05) is 5.32 Å². The van der Waals surface area contributed by atoms with E-state index in [1.54, 1.807) is 30.3 Å². The summed E-state index contributed by atoms with van der Waals surface area (Å²) in [5, 5.41) is 11.6. The fourth-order valence-electron chi connectivity index (χ4n) is 2.04. The van der Waals surface area contributed by atoms with Gasteiger partial charge in [0, 0.05) is 9.75 Å². The van der Waals surface area contributed by atoms with E-state index in [9.17, 15) is 9.59 Å². The summed E-state index contributed by atoms with van der Waals surface area (Å²) in [6.45, 7) is 5.24. The van der Waals surface area contributed by atoms with Crippen molar-refractivity contribution in [3.8, 4) is 6.07 Å². The first kappa shape index (κ1) is 16.7. The molecule has 2 aromatic rings. The van der Waals surface area contributed by atoms with Gasteiger partial charge in [-0.15, -0.1) is 11.3 Å². The number of anilines is 1. The molecule has 0 radical (unpaired) electrons. The van der Waals surface area contributed by atoms with Crippen LogP contribution in [0, 0.1) is 25.2 Å². The van der Waals surface area contributed by atoms with Gasteiger partial charge in [0.25, 0.3) is 5.91 Å². The molecule has 0 saturated carbocycles. The molecule has 1 N–H and O–H groups in total. The summed E-state index contributed by atoms with van der Waals surface area (Å²) < 4.78 is 5.21. The van der Waals surface area contributed by atoms with Gasteiger partial charge in [-0.2, -0.15) is 5.26 Å². The van der Waals surface area contributed by atoms with Crippen LogP contribution in [0.1, 0.15) is 32.6 Å². The summed E-state index contributed by atoms with van der Waals surface area (Å²) in [6, 6.07) is 10.4. The number of esters is 1. The second-order valence-electron chi connectivity index (χ2n) is 5.02. The summed E-state index contributed by atoms with van der Waals surface area (Å²) in [6.07, 6.45) is -0.964. The van der Waals surface area contributed by atoms with E-state index in [4.69, 9.17) is 10.00 Å². The molecule has 0 aliphatic rings. The highest BCUT2D eigenvalue weighted by atomic mass is 32.1. The van der Waals surface area contributed by atoms with E-state index in [2.05, 4.69) is 5.32 Å². The molecule has 1 heterocycles. The Morgan fingerprint density at radius 1 is 1.30 bits per heavy atom. The van der Waals surface area contributed by atoms with Crippen LogP contribution in [0.4, 0.5) is 5.69 Å². The van der Waals surface area contributed by atoms with Crippen LogP contribution in [0.2, 0.25) is 0 Å². The van der Waals surface area contributed by atoms with Gasteiger partial charge in [0.15, 0.2) is 6.10 Å². The van der Waals surface area contributed by atoms with E-state index in [-0.39, 0.29) is 0 Å². The van der Waals surface area contributed by atoms with Gasteiger partial charge in [-0.3, -0.25) is 4.79 Å². The lowest BCUT2D eigenvalue weighted by molar-refractivity contribution is -0.123. The summed E-state index contributed by atoms with van der Waals surface area (Å²) in [5.41, 5.74) is 1.22. The van der Waals surface area contributed by atoms with Crippen molar-refractivity contribution in [1.29, 1.82) is 5.26 Å². The predicted molar refractivity (Wildman–Crippen MR) is 88.5 cm³/mol. The number of hydrogen-bond donors (Lipinski definition) is 1. The standard InChI is InChI=1S/C17H16N2O3S/c1-10-8-14(12(3)23-10)17(21)22-11(2)16(20)19-15-7-5-4-6-13(15)9-18/h4-8,11H,1-3H3,(H,19,20)/t11-/m0/s1. The third kappa shape index (κ3) is 3.96. The first-order chi connectivity index (χ1) is 10.9. The molecule has 0 bridgehead atoms. The van der Waals surface area contributed by atoms with Crippen molar-refractivity contribution in [2.24, 2.45) is 0 Å². The Balaban J connectivity index is 2.04. The zero-order valence-corrected chi connectivity index (χ0v) is 13.9. The van der Waals surface area contributed by atoms with Crippen LogP contribution in [0.15, 0.2) is 30.3 Å². The predicted octanol–water partition coefficient (Wildman–Crippen LogP) is 3.42. The summed E-state index contributed by atoms with van der Waals surface area (Å²) >= 11 is 1.50. The number of hydrogen-bond acceptors (Lipinski definition) is 5. The molecule has 1 aromatic carbocycles. The molecule has 6 heteroatoms. The highest BCUT2D eigenvalue weighted by molar-refractivity contribution is 7.12. The number of aryl methyl sites for hydroxylation is 2. The van der Waals surface area contributed by atoms with Crippen LogP contribution >= 0.6 is 11.3 Å². The first-order valence-corrected chi connectivity index (χ1v) is 7.82. The second-order valence-corrected chi connectivity index (χ2v) is 6.48. The number of amides is 1. The van der Waals surface area contributed by atoms with E-state index in [0.29, 0.717) is 16.8 Å². The molecule has 1 amide bonds. The van der Waals surface area contributed by atoms with Gasteiger partial charge < -0.3 is 10.1 Å². The minimum atomic E-state index is -0.964. The van der Waals surface area contributed by atoms with Gasteiger partial charge in [-0.05, 0) is 39.0 Å². The minimum absolute atomic E-state index is 0.351. The molecule has 1 aromatic heterocycles. The zero-order chi connectivity index (χ0) is 17.0. The lowest BCUT2D eigenvalue weighted by Gasteiger charge is -2.14. The number of para-hydroxylation sites is 1. The molecule has 0 aliphatic carbocycles. The van der Waals surface area contributed by atoms with Gasteiger partial charge in [-0.25, -0.2) is 4.79 Å². The molecule has 23 heavy (non-hydrogen) atoms. The van der Waals surface area contributed by atoms with Crippen molar-refractivity contribution in [2.45, 2.75) is 26.9 Å². The molecule has 0 unspecified atom stereocenters. The molecule has 118 valence electrons. The topological polar surface area (TPSA) is 79.2 Å². The maximum atomic E-state index is 12.1. The molecule has 5 nitrogen and oxygen atoms in total. The Hall–Kier alpha value is -2.65. The number of carbonyl (C=O) groups is 2. The van der Waals surface area contributed by atoms with Crippen molar-refractivity contribution in [1.82, 2.24) is 0 Å². The first-order valence-electron chi connectivity index (χ1n) is 7.00. The van der Waals surface area contributed by atoms with Crippen molar-refractivity contribution >= 4 is 28.9 Å². The number of rotatable bonds is 4. The Bertz CT molecular complexity index is 789. The minimum Gasteiger partial charge on any atom is -0.449 e. The Kier molecular flexibility index (Phi) is 5.14. The maximum absolute atomic E-state index is 12.1. The lowest BCUT2D eigenvalue weighted by atomic mass is 10.2. The number of ether oxygens (including phenoxy) is 1. The number of nitrogens with one attached hydrogen (secondary N) is 1. The van der Waals surface area contributed by atoms with Gasteiger partial charge >= 0.3 is 5.97 Å². The SMILES string of the molecule is Cc1cc(C(=O)O[C@@H](C)C(=O)Nc2ccccc2C#N)c(C)s1. The van der Waals surface area contributed by atoms with Gasteiger partial charge in [0.05, 0.1) is 16.8 Å². The quantitative estimate of drug-likeness (QED) is 0.872. The van der Waals surface area contributed by atoms with E-state index >= 15 is 0 Å². The second kappa shape index (κ2) is 7.07. The summed E-state index contributed by atoms with van der Waals surface area (Å²) in [4.78, 5) is 26.1. The van der Waals surface area contributed by atoms with Crippen molar-refractivity contribution < 1.29 is 14.3 Å². The number of benzene rings is 1.